The van der Waals surface area contributed by atoms with Crippen molar-refractivity contribution in [3.05, 3.63) is 17.5 Å². The Balaban J connectivity index is 1.48. The largest absolute Gasteiger partial charge is 0.391 e. The quantitative estimate of drug-likeness (QED) is 0.854. The van der Waals surface area contributed by atoms with E-state index in [1.54, 1.807) is 6.07 Å². The molecule has 6 heteroatoms. The van der Waals surface area contributed by atoms with Crippen molar-refractivity contribution in [2.75, 3.05) is 13.1 Å². The molecule has 2 fully saturated rings. The van der Waals surface area contributed by atoms with Gasteiger partial charge in [0.25, 0.3) is 5.91 Å². The van der Waals surface area contributed by atoms with E-state index in [4.69, 9.17) is 4.52 Å². The molecule has 2 N–H and O–H groups in total. The van der Waals surface area contributed by atoms with E-state index in [1.807, 2.05) is 0 Å². The van der Waals surface area contributed by atoms with E-state index in [0.29, 0.717) is 17.7 Å². The van der Waals surface area contributed by atoms with Gasteiger partial charge in [0.1, 0.15) is 0 Å². The summed E-state index contributed by atoms with van der Waals surface area (Å²) in [5, 5.41) is 17.3. The fourth-order valence-corrected chi connectivity index (χ4v) is 3.99. The second-order valence-electron chi connectivity index (χ2n) is 7.63. The number of nitrogens with zero attached hydrogens (tertiary/aromatic N) is 2. The van der Waals surface area contributed by atoms with Crippen molar-refractivity contribution < 1.29 is 14.4 Å². The lowest BCUT2D eigenvalue weighted by Gasteiger charge is -2.41. The standard InChI is InChI=1S/C19H31N3O3/c1-3-13(2)15-12-18(25-21-15)19(24)20-14-8-10-22(11-9-14)16-6-4-5-7-17(16)23/h12-14,16-17,23H,3-11H2,1-2H3,(H,20,24)/t13-,16-,17+/m0/s1. The van der Waals surface area contributed by atoms with E-state index in [0.717, 1.165) is 57.3 Å². The molecule has 1 aliphatic carbocycles. The van der Waals surface area contributed by atoms with Crippen LogP contribution >= 0.6 is 0 Å². The van der Waals surface area contributed by atoms with Crippen molar-refractivity contribution in [2.24, 2.45) is 0 Å². The zero-order valence-corrected chi connectivity index (χ0v) is 15.4. The Labute approximate surface area is 149 Å². The van der Waals surface area contributed by atoms with Crippen molar-refractivity contribution >= 4 is 5.91 Å². The minimum atomic E-state index is -0.187. The lowest BCUT2D eigenvalue weighted by Crippen LogP contribution is -2.52. The Morgan fingerprint density at radius 1 is 1.36 bits per heavy atom. The summed E-state index contributed by atoms with van der Waals surface area (Å²) in [6.07, 6.45) is 6.98. The summed E-state index contributed by atoms with van der Waals surface area (Å²) in [4.78, 5) is 14.8. The van der Waals surface area contributed by atoms with Gasteiger partial charge < -0.3 is 14.9 Å². The number of hydrogen-bond acceptors (Lipinski definition) is 5. The number of nitrogens with one attached hydrogen (secondary N) is 1. The predicted octanol–water partition coefficient (Wildman–Crippen LogP) is 2.69. The van der Waals surface area contributed by atoms with Crippen molar-refractivity contribution in [3.8, 4) is 0 Å². The smallest absolute Gasteiger partial charge is 0.290 e. The molecule has 2 heterocycles. The number of piperidine rings is 1. The SMILES string of the molecule is CC[C@H](C)c1cc(C(=O)NC2CCN([C@H]3CCCC[C@H]3O)CC2)on1. The van der Waals surface area contributed by atoms with Gasteiger partial charge in [0.05, 0.1) is 11.8 Å². The molecule has 1 aromatic rings. The first-order chi connectivity index (χ1) is 12.1. The third kappa shape index (κ3) is 4.42. The van der Waals surface area contributed by atoms with Crippen LogP contribution in [-0.2, 0) is 0 Å². The third-order valence-electron chi connectivity index (χ3n) is 5.90. The number of aliphatic hydroxyl groups is 1. The van der Waals surface area contributed by atoms with Crippen LogP contribution in [0, 0.1) is 0 Å². The zero-order valence-electron chi connectivity index (χ0n) is 15.4. The van der Waals surface area contributed by atoms with E-state index in [1.165, 1.54) is 6.42 Å². The number of aliphatic hydroxyl groups excluding tert-OH is 1. The minimum absolute atomic E-state index is 0.168. The number of hydrogen-bond donors (Lipinski definition) is 2. The summed E-state index contributed by atoms with van der Waals surface area (Å²) in [6, 6.07) is 2.23. The minimum Gasteiger partial charge on any atom is -0.391 e. The highest BCUT2D eigenvalue weighted by Gasteiger charge is 2.32. The average molecular weight is 349 g/mol. The topological polar surface area (TPSA) is 78.6 Å². The molecule has 1 aromatic heterocycles. The van der Waals surface area contributed by atoms with Crippen LogP contribution in [0.4, 0.5) is 0 Å². The Morgan fingerprint density at radius 2 is 2.08 bits per heavy atom. The molecule has 1 saturated heterocycles. The maximum Gasteiger partial charge on any atom is 0.290 e. The highest BCUT2D eigenvalue weighted by atomic mass is 16.5. The van der Waals surface area contributed by atoms with Crippen LogP contribution in [0.15, 0.2) is 10.6 Å². The molecule has 25 heavy (non-hydrogen) atoms. The van der Waals surface area contributed by atoms with Crippen molar-refractivity contribution in [1.29, 1.82) is 0 Å². The lowest BCUT2D eigenvalue weighted by atomic mass is 9.89. The fraction of sp³-hybridized carbons (Fsp3) is 0.789. The molecule has 1 aliphatic heterocycles. The van der Waals surface area contributed by atoms with Crippen LogP contribution in [0.1, 0.15) is 81.0 Å². The first kappa shape index (κ1) is 18.4. The van der Waals surface area contributed by atoms with Gasteiger partial charge >= 0.3 is 0 Å². The number of likely N-dealkylation sites (tertiary alicyclic amines) is 1. The van der Waals surface area contributed by atoms with Gasteiger partial charge in [-0.1, -0.05) is 31.8 Å². The Hall–Kier alpha value is -1.40. The van der Waals surface area contributed by atoms with Gasteiger partial charge in [-0.2, -0.15) is 0 Å². The molecule has 140 valence electrons. The van der Waals surface area contributed by atoms with Crippen LogP contribution in [-0.4, -0.2) is 52.3 Å². The maximum absolute atomic E-state index is 12.4. The molecular formula is C19H31N3O3. The molecule has 6 nitrogen and oxygen atoms in total. The second kappa shape index (κ2) is 8.32. The fourth-order valence-electron chi connectivity index (χ4n) is 3.99. The molecule has 1 saturated carbocycles. The maximum atomic E-state index is 12.4. The predicted molar refractivity (Wildman–Crippen MR) is 95.5 cm³/mol. The number of carbonyl (C=O) groups excluding carboxylic acids is 1. The average Bonchev–Trinajstić information content (AvgIpc) is 3.12. The molecule has 0 bridgehead atoms. The Kier molecular flexibility index (Phi) is 6.12. The highest BCUT2D eigenvalue weighted by Crippen LogP contribution is 2.26. The summed E-state index contributed by atoms with van der Waals surface area (Å²) < 4.78 is 5.22. The van der Waals surface area contributed by atoms with E-state index in [9.17, 15) is 9.90 Å². The van der Waals surface area contributed by atoms with Crippen LogP contribution in [0.5, 0.6) is 0 Å². The first-order valence-corrected chi connectivity index (χ1v) is 9.78. The monoisotopic (exact) mass is 349 g/mol. The van der Waals surface area contributed by atoms with Gasteiger partial charge in [-0.3, -0.25) is 9.69 Å². The molecule has 3 atom stereocenters. The summed E-state index contributed by atoms with van der Waals surface area (Å²) >= 11 is 0. The number of aromatic nitrogens is 1. The number of rotatable bonds is 5. The van der Waals surface area contributed by atoms with Gasteiger partial charge in [0.15, 0.2) is 0 Å². The highest BCUT2D eigenvalue weighted by molar-refractivity contribution is 5.91. The summed E-state index contributed by atoms with van der Waals surface area (Å²) in [6.45, 7) is 6.04. The van der Waals surface area contributed by atoms with Crippen molar-refractivity contribution in [3.63, 3.8) is 0 Å². The van der Waals surface area contributed by atoms with Gasteiger partial charge in [-0.25, -0.2) is 0 Å². The summed E-state index contributed by atoms with van der Waals surface area (Å²) in [5.74, 6) is 0.439. The molecule has 2 aliphatic rings. The van der Waals surface area contributed by atoms with Crippen LogP contribution < -0.4 is 5.32 Å². The van der Waals surface area contributed by atoms with E-state index in [2.05, 4.69) is 29.2 Å². The van der Waals surface area contributed by atoms with Gasteiger partial charge in [0, 0.05) is 37.2 Å². The van der Waals surface area contributed by atoms with Gasteiger partial charge in [-0.15, -0.1) is 0 Å². The van der Waals surface area contributed by atoms with Gasteiger partial charge in [0.2, 0.25) is 5.76 Å². The number of amides is 1. The Morgan fingerprint density at radius 3 is 2.76 bits per heavy atom. The van der Waals surface area contributed by atoms with E-state index in [-0.39, 0.29) is 18.1 Å². The van der Waals surface area contributed by atoms with E-state index >= 15 is 0 Å². The molecule has 0 radical (unpaired) electrons. The van der Waals surface area contributed by atoms with Crippen LogP contribution in [0.3, 0.4) is 0 Å². The van der Waals surface area contributed by atoms with Crippen LogP contribution in [0.2, 0.25) is 0 Å². The second-order valence-corrected chi connectivity index (χ2v) is 7.63. The Bertz CT molecular complexity index is 566. The molecule has 0 aromatic carbocycles. The molecule has 3 rings (SSSR count). The zero-order chi connectivity index (χ0) is 17.8. The van der Waals surface area contributed by atoms with Gasteiger partial charge in [-0.05, 0) is 32.1 Å². The third-order valence-corrected chi connectivity index (χ3v) is 5.90. The molecular weight excluding hydrogens is 318 g/mol. The molecule has 0 unspecified atom stereocenters. The normalized spacial score (nSPS) is 27.2. The summed E-state index contributed by atoms with van der Waals surface area (Å²) in [7, 11) is 0. The van der Waals surface area contributed by atoms with Crippen molar-refractivity contribution in [1.82, 2.24) is 15.4 Å². The summed E-state index contributed by atoms with van der Waals surface area (Å²) in [5.41, 5.74) is 0.841. The molecule has 0 spiro atoms. The number of carbonyl (C=O) groups is 1. The first-order valence-electron chi connectivity index (χ1n) is 9.78. The lowest BCUT2D eigenvalue weighted by molar-refractivity contribution is 0.00719. The van der Waals surface area contributed by atoms with E-state index < -0.39 is 0 Å². The molecule has 1 amide bonds. The van der Waals surface area contributed by atoms with Crippen molar-refractivity contribution in [2.45, 2.75) is 82.9 Å². The van der Waals surface area contributed by atoms with Crippen LogP contribution in [0.25, 0.3) is 0 Å².